The number of hydrogen-bond donors (Lipinski definition) is 2. The Morgan fingerprint density at radius 3 is 2.69 bits per heavy atom. The molecule has 0 bridgehead atoms. The maximum atomic E-state index is 12.9. The summed E-state index contributed by atoms with van der Waals surface area (Å²) in [7, 11) is 0. The van der Waals surface area contributed by atoms with Gasteiger partial charge in [-0.05, 0) is 31.0 Å². The van der Waals surface area contributed by atoms with Crippen LogP contribution in [0.1, 0.15) is 24.1 Å². The first-order valence-corrected chi connectivity index (χ1v) is 8.45. The first-order valence-electron chi connectivity index (χ1n) is 8.45. The number of carbonyl (C=O) groups excluding carboxylic acids is 1. The minimum absolute atomic E-state index is 0.0251. The van der Waals surface area contributed by atoms with E-state index in [0.29, 0.717) is 6.42 Å². The molecule has 0 radical (unpaired) electrons. The smallest absolute Gasteiger partial charge is 0.331 e. The molecule has 0 fully saturated rings. The number of carbonyl (C=O) groups is 2. The molecule has 1 amide bonds. The highest BCUT2D eigenvalue weighted by Crippen LogP contribution is 2.42. The zero-order chi connectivity index (χ0) is 18.3. The maximum Gasteiger partial charge on any atom is 0.331 e. The number of para-hydroxylation sites is 2. The molecule has 4 rings (SSSR count). The van der Waals surface area contributed by atoms with Gasteiger partial charge in [0.1, 0.15) is 0 Å². The molecular formula is C21H18N2O3. The van der Waals surface area contributed by atoms with E-state index in [0.717, 1.165) is 27.7 Å². The lowest BCUT2D eigenvalue weighted by atomic mass is 10.0. The third kappa shape index (κ3) is 2.58. The van der Waals surface area contributed by atoms with Crippen molar-refractivity contribution in [3.05, 3.63) is 77.5 Å². The lowest BCUT2D eigenvalue weighted by Crippen LogP contribution is -2.31. The van der Waals surface area contributed by atoms with Crippen LogP contribution in [0.3, 0.4) is 0 Å². The van der Waals surface area contributed by atoms with Gasteiger partial charge in [-0.2, -0.15) is 0 Å². The van der Waals surface area contributed by atoms with Gasteiger partial charge in [0.15, 0.2) is 0 Å². The van der Waals surface area contributed by atoms with Crippen LogP contribution in [0.4, 0.5) is 5.69 Å². The van der Waals surface area contributed by atoms with Crippen LogP contribution in [0.5, 0.6) is 0 Å². The van der Waals surface area contributed by atoms with Gasteiger partial charge in [0, 0.05) is 40.0 Å². The Labute approximate surface area is 150 Å². The van der Waals surface area contributed by atoms with E-state index in [9.17, 15) is 9.59 Å². The van der Waals surface area contributed by atoms with Crippen LogP contribution in [0.15, 0.2) is 66.4 Å². The number of nitrogens with one attached hydrogen (secondary N) is 1. The molecule has 1 aliphatic heterocycles. The molecule has 1 aliphatic rings. The second-order valence-corrected chi connectivity index (χ2v) is 6.48. The number of aromatic amines is 1. The van der Waals surface area contributed by atoms with E-state index in [2.05, 4.69) is 4.98 Å². The van der Waals surface area contributed by atoms with E-state index in [1.807, 2.05) is 54.7 Å². The zero-order valence-corrected chi connectivity index (χ0v) is 14.3. The average Bonchev–Trinajstić information content (AvgIpc) is 3.22. The fourth-order valence-corrected chi connectivity index (χ4v) is 3.59. The van der Waals surface area contributed by atoms with Crippen LogP contribution in [0.25, 0.3) is 10.9 Å². The number of fused-ring (bicyclic) bond motifs is 2. The summed E-state index contributed by atoms with van der Waals surface area (Å²) in [5.74, 6) is -1.40. The number of H-pyrrole nitrogens is 1. The van der Waals surface area contributed by atoms with Gasteiger partial charge in [-0.15, -0.1) is 0 Å². The Kier molecular flexibility index (Phi) is 3.84. The molecule has 2 aromatic carbocycles. The number of anilines is 1. The van der Waals surface area contributed by atoms with Crippen molar-refractivity contribution in [2.45, 2.75) is 19.4 Å². The van der Waals surface area contributed by atoms with Crippen molar-refractivity contribution in [1.29, 1.82) is 0 Å². The summed E-state index contributed by atoms with van der Waals surface area (Å²) in [6, 6.07) is 15.6. The number of rotatable bonds is 3. The molecule has 5 nitrogen and oxygen atoms in total. The third-order valence-electron chi connectivity index (χ3n) is 4.87. The van der Waals surface area contributed by atoms with Gasteiger partial charge in [0.25, 0.3) is 5.91 Å². The number of aromatic nitrogens is 1. The van der Waals surface area contributed by atoms with Crippen molar-refractivity contribution in [3.63, 3.8) is 0 Å². The monoisotopic (exact) mass is 346 g/mol. The van der Waals surface area contributed by atoms with Gasteiger partial charge in [-0.3, -0.25) is 4.79 Å². The normalized spacial score (nSPS) is 16.7. The van der Waals surface area contributed by atoms with Crippen LogP contribution in [0, 0.1) is 0 Å². The summed E-state index contributed by atoms with van der Waals surface area (Å²) in [6.07, 6.45) is 3.84. The van der Waals surface area contributed by atoms with Crippen LogP contribution < -0.4 is 4.90 Å². The zero-order valence-electron chi connectivity index (χ0n) is 14.3. The highest BCUT2D eigenvalue weighted by atomic mass is 16.4. The van der Waals surface area contributed by atoms with Crippen molar-refractivity contribution < 1.29 is 14.7 Å². The number of aliphatic carboxylic acids is 1. The van der Waals surface area contributed by atoms with E-state index in [4.69, 9.17) is 5.11 Å². The fraction of sp³-hybridized carbons (Fsp3) is 0.143. The lowest BCUT2D eigenvalue weighted by Gasteiger charge is -2.24. The molecule has 0 saturated heterocycles. The summed E-state index contributed by atoms with van der Waals surface area (Å²) in [5, 5.41) is 10.2. The van der Waals surface area contributed by atoms with Crippen LogP contribution >= 0.6 is 0 Å². The van der Waals surface area contributed by atoms with Crippen LogP contribution in [0.2, 0.25) is 0 Å². The van der Waals surface area contributed by atoms with Gasteiger partial charge in [0.05, 0.1) is 6.04 Å². The molecule has 1 aromatic heterocycles. The second kappa shape index (κ2) is 6.19. The van der Waals surface area contributed by atoms with E-state index in [1.165, 1.54) is 13.0 Å². The first-order chi connectivity index (χ1) is 12.6. The molecule has 2 heterocycles. The fourth-order valence-electron chi connectivity index (χ4n) is 3.59. The predicted molar refractivity (Wildman–Crippen MR) is 100 cm³/mol. The summed E-state index contributed by atoms with van der Waals surface area (Å²) < 4.78 is 0. The van der Waals surface area contributed by atoms with Crippen molar-refractivity contribution >= 4 is 28.5 Å². The summed E-state index contributed by atoms with van der Waals surface area (Å²) in [6.45, 7) is 1.43. The Balaban J connectivity index is 1.82. The Bertz CT molecular complexity index is 1050. The average molecular weight is 346 g/mol. The molecule has 0 saturated carbocycles. The largest absolute Gasteiger partial charge is 0.478 e. The van der Waals surface area contributed by atoms with Gasteiger partial charge >= 0.3 is 5.97 Å². The van der Waals surface area contributed by atoms with E-state index < -0.39 is 5.97 Å². The molecule has 1 atom stereocenters. The minimum Gasteiger partial charge on any atom is -0.478 e. The van der Waals surface area contributed by atoms with Crippen molar-refractivity contribution in [1.82, 2.24) is 4.98 Å². The van der Waals surface area contributed by atoms with E-state index in [1.54, 1.807) is 4.90 Å². The molecule has 26 heavy (non-hydrogen) atoms. The minimum atomic E-state index is -1.09. The molecule has 2 N–H and O–H groups in total. The first kappa shape index (κ1) is 16.1. The standard InChI is InChI=1S/C21H18N2O3/c1-13(21(25)26)10-20(24)23-18-9-5-2-6-14(18)11-19(23)16-12-22-17-8-4-3-7-15(16)17/h2-10,12,19,22H,11H2,1H3,(H,25,26)/b13-10+/t19-/m0/s1. The maximum absolute atomic E-state index is 12.9. The van der Waals surface area contributed by atoms with Gasteiger partial charge < -0.3 is 15.0 Å². The molecule has 130 valence electrons. The quantitative estimate of drug-likeness (QED) is 0.708. The van der Waals surface area contributed by atoms with Crippen molar-refractivity contribution in [2.75, 3.05) is 4.90 Å². The van der Waals surface area contributed by atoms with Crippen molar-refractivity contribution in [2.24, 2.45) is 0 Å². The number of benzene rings is 2. The van der Waals surface area contributed by atoms with E-state index >= 15 is 0 Å². The Morgan fingerprint density at radius 1 is 1.15 bits per heavy atom. The molecule has 0 spiro atoms. The molecule has 5 heteroatoms. The summed E-state index contributed by atoms with van der Waals surface area (Å²) in [4.78, 5) is 29.0. The Hall–Kier alpha value is -3.34. The van der Waals surface area contributed by atoms with E-state index in [-0.39, 0.29) is 17.5 Å². The molecule has 0 aliphatic carbocycles. The molecular weight excluding hydrogens is 328 g/mol. The highest BCUT2D eigenvalue weighted by molar-refractivity contribution is 6.07. The SMILES string of the molecule is C/C(=C\C(=O)N1c2ccccc2C[C@H]1c1c[nH]c2ccccc12)C(=O)O. The van der Waals surface area contributed by atoms with Gasteiger partial charge in [-0.25, -0.2) is 4.79 Å². The predicted octanol–water partition coefficient (Wildman–Crippen LogP) is 3.83. The number of nitrogens with zero attached hydrogens (tertiary/aromatic N) is 1. The summed E-state index contributed by atoms with van der Waals surface area (Å²) >= 11 is 0. The third-order valence-corrected chi connectivity index (χ3v) is 4.87. The number of hydrogen-bond acceptors (Lipinski definition) is 2. The van der Waals surface area contributed by atoms with Gasteiger partial charge in [0.2, 0.25) is 0 Å². The van der Waals surface area contributed by atoms with Gasteiger partial charge in [-0.1, -0.05) is 36.4 Å². The Morgan fingerprint density at radius 2 is 1.88 bits per heavy atom. The highest BCUT2D eigenvalue weighted by Gasteiger charge is 2.35. The molecule has 3 aromatic rings. The lowest BCUT2D eigenvalue weighted by molar-refractivity contribution is -0.132. The molecule has 0 unspecified atom stereocenters. The van der Waals surface area contributed by atoms with Crippen LogP contribution in [-0.2, 0) is 16.0 Å². The second-order valence-electron chi connectivity index (χ2n) is 6.48. The summed E-state index contributed by atoms with van der Waals surface area (Å²) in [5.41, 5.74) is 3.99. The number of carboxylic acid groups (broad SMARTS) is 1. The number of amides is 1. The number of carboxylic acids is 1. The topological polar surface area (TPSA) is 73.4 Å². The van der Waals surface area contributed by atoms with Crippen molar-refractivity contribution in [3.8, 4) is 0 Å². The van der Waals surface area contributed by atoms with Crippen LogP contribution in [-0.4, -0.2) is 22.0 Å².